The highest BCUT2D eigenvalue weighted by molar-refractivity contribution is 7.18. The molecular weight excluding hydrogens is 412 g/mol. The number of benzene rings is 2. The molecule has 2 aliphatic heterocycles. The highest BCUT2D eigenvalue weighted by atomic mass is 32.1. The molecule has 0 radical (unpaired) electrons. The van der Waals surface area contributed by atoms with Crippen LogP contribution >= 0.6 is 11.3 Å². The minimum absolute atomic E-state index is 0.0770. The third-order valence-corrected chi connectivity index (χ3v) is 6.76. The summed E-state index contributed by atoms with van der Waals surface area (Å²) in [6, 6.07) is 17.8. The molecule has 0 aliphatic carbocycles. The van der Waals surface area contributed by atoms with Crippen LogP contribution in [-0.2, 0) is 4.74 Å². The number of thiophene rings is 1. The zero-order valence-electron chi connectivity index (χ0n) is 17.3. The monoisotopic (exact) mass is 436 g/mol. The molecule has 0 bridgehead atoms. The highest BCUT2D eigenvalue weighted by Gasteiger charge is 2.23. The van der Waals surface area contributed by atoms with E-state index in [4.69, 9.17) is 14.2 Å². The fourth-order valence-electron chi connectivity index (χ4n) is 3.85. The maximum Gasteiger partial charge on any atom is 0.261 e. The van der Waals surface area contributed by atoms with E-state index in [9.17, 15) is 4.79 Å². The van der Waals surface area contributed by atoms with Crippen molar-refractivity contribution in [2.75, 3.05) is 38.0 Å². The van der Waals surface area contributed by atoms with E-state index in [0.29, 0.717) is 18.1 Å². The van der Waals surface area contributed by atoms with Gasteiger partial charge in [-0.05, 0) is 36.2 Å². The first-order valence-electron chi connectivity index (χ1n) is 10.4. The van der Waals surface area contributed by atoms with Gasteiger partial charge < -0.3 is 24.4 Å². The van der Waals surface area contributed by atoms with Gasteiger partial charge >= 0.3 is 0 Å². The number of carbonyl (C=O) groups is 1. The zero-order valence-corrected chi connectivity index (χ0v) is 18.1. The average Bonchev–Trinajstić information content (AvgIpc) is 3.47. The molecule has 1 saturated heterocycles. The summed E-state index contributed by atoms with van der Waals surface area (Å²) in [5.74, 6) is 1.38. The van der Waals surface area contributed by atoms with Crippen molar-refractivity contribution in [1.82, 2.24) is 5.32 Å². The molecule has 2 aromatic carbocycles. The summed E-state index contributed by atoms with van der Waals surface area (Å²) in [4.78, 5) is 16.2. The molecule has 2 aliphatic rings. The molecule has 0 saturated carbocycles. The number of ether oxygens (including phenoxy) is 3. The van der Waals surface area contributed by atoms with Gasteiger partial charge in [0, 0.05) is 18.7 Å². The van der Waals surface area contributed by atoms with E-state index in [1.807, 2.05) is 49.4 Å². The molecule has 1 aromatic heterocycles. The standard InChI is InChI=1S/C24H24N2O4S/c1-16(18-7-8-20-21(13-18)30-15-29-20)25-23(27)22-14-19(17-5-3-2-4-6-17)24(31-22)26-9-11-28-12-10-26/h2-8,13-14,16H,9-12,15H2,1H3,(H,25,27)/t16-/m0/s1. The molecule has 3 heterocycles. The Morgan fingerprint density at radius 3 is 2.61 bits per heavy atom. The summed E-state index contributed by atoms with van der Waals surface area (Å²) in [6.07, 6.45) is 0. The third-order valence-electron chi connectivity index (χ3n) is 5.56. The number of amides is 1. The number of hydrogen-bond donors (Lipinski definition) is 1. The van der Waals surface area contributed by atoms with Gasteiger partial charge in [-0.3, -0.25) is 4.79 Å². The molecule has 3 aromatic rings. The van der Waals surface area contributed by atoms with Crippen molar-refractivity contribution in [3.05, 3.63) is 65.0 Å². The lowest BCUT2D eigenvalue weighted by atomic mass is 10.1. The van der Waals surface area contributed by atoms with Gasteiger partial charge in [0.15, 0.2) is 11.5 Å². The molecule has 31 heavy (non-hydrogen) atoms. The Morgan fingerprint density at radius 2 is 1.81 bits per heavy atom. The predicted molar refractivity (Wildman–Crippen MR) is 121 cm³/mol. The van der Waals surface area contributed by atoms with Crippen LogP contribution in [0.3, 0.4) is 0 Å². The molecule has 1 N–H and O–H groups in total. The van der Waals surface area contributed by atoms with Gasteiger partial charge in [0.1, 0.15) is 0 Å². The van der Waals surface area contributed by atoms with Gasteiger partial charge in [0.05, 0.1) is 29.1 Å². The van der Waals surface area contributed by atoms with Crippen LogP contribution in [0.1, 0.15) is 28.2 Å². The van der Waals surface area contributed by atoms with Crippen LogP contribution in [0.15, 0.2) is 54.6 Å². The number of fused-ring (bicyclic) bond motifs is 1. The summed E-state index contributed by atoms with van der Waals surface area (Å²) < 4.78 is 16.4. The van der Waals surface area contributed by atoms with E-state index < -0.39 is 0 Å². The average molecular weight is 437 g/mol. The minimum Gasteiger partial charge on any atom is -0.454 e. The quantitative estimate of drug-likeness (QED) is 0.639. The number of nitrogens with zero attached hydrogens (tertiary/aromatic N) is 1. The Labute approximate surface area is 185 Å². The Hall–Kier alpha value is -3.03. The molecular formula is C24H24N2O4S. The smallest absolute Gasteiger partial charge is 0.261 e. The maximum atomic E-state index is 13.1. The van der Waals surface area contributed by atoms with E-state index >= 15 is 0 Å². The van der Waals surface area contributed by atoms with Crippen molar-refractivity contribution in [3.8, 4) is 22.6 Å². The molecule has 1 atom stereocenters. The predicted octanol–water partition coefficient (Wildman–Crippen LogP) is 4.47. The fourth-order valence-corrected chi connectivity index (χ4v) is 4.99. The van der Waals surface area contributed by atoms with Crippen molar-refractivity contribution in [2.24, 2.45) is 0 Å². The lowest BCUT2D eigenvalue weighted by molar-refractivity contribution is 0.0944. The van der Waals surface area contributed by atoms with Crippen LogP contribution in [0.25, 0.3) is 11.1 Å². The van der Waals surface area contributed by atoms with Gasteiger partial charge in [-0.25, -0.2) is 0 Å². The van der Waals surface area contributed by atoms with Crippen molar-refractivity contribution < 1.29 is 19.0 Å². The van der Waals surface area contributed by atoms with Gasteiger partial charge in [-0.1, -0.05) is 36.4 Å². The van der Waals surface area contributed by atoms with Gasteiger partial charge in [-0.2, -0.15) is 0 Å². The van der Waals surface area contributed by atoms with Crippen molar-refractivity contribution in [3.63, 3.8) is 0 Å². The molecule has 160 valence electrons. The van der Waals surface area contributed by atoms with Crippen LogP contribution < -0.4 is 19.7 Å². The van der Waals surface area contributed by atoms with Crippen LogP contribution in [0.2, 0.25) is 0 Å². The summed E-state index contributed by atoms with van der Waals surface area (Å²) in [7, 11) is 0. The Kier molecular flexibility index (Phi) is 5.53. The number of nitrogens with one attached hydrogen (secondary N) is 1. The van der Waals surface area contributed by atoms with Crippen molar-refractivity contribution >= 4 is 22.2 Å². The van der Waals surface area contributed by atoms with E-state index in [1.165, 1.54) is 11.3 Å². The molecule has 5 rings (SSSR count). The number of anilines is 1. The SMILES string of the molecule is C[C@H](NC(=O)c1cc(-c2ccccc2)c(N2CCOCC2)s1)c1ccc2c(c1)OCO2. The van der Waals surface area contributed by atoms with E-state index in [0.717, 1.165) is 46.3 Å². The van der Waals surface area contributed by atoms with Crippen molar-refractivity contribution in [2.45, 2.75) is 13.0 Å². The molecule has 1 fully saturated rings. The molecule has 0 unspecified atom stereocenters. The van der Waals surface area contributed by atoms with Crippen LogP contribution in [0, 0.1) is 0 Å². The normalized spacial score (nSPS) is 16.2. The largest absolute Gasteiger partial charge is 0.454 e. The topological polar surface area (TPSA) is 60.0 Å². The highest BCUT2D eigenvalue weighted by Crippen LogP contribution is 2.40. The molecule has 1 amide bonds. The van der Waals surface area contributed by atoms with E-state index in [-0.39, 0.29) is 18.7 Å². The lowest BCUT2D eigenvalue weighted by Gasteiger charge is -2.28. The van der Waals surface area contributed by atoms with E-state index in [1.54, 1.807) is 0 Å². The Morgan fingerprint density at radius 1 is 1.03 bits per heavy atom. The fraction of sp³-hybridized carbons (Fsp3) is 0.292. The van der Waals surface area contributed by atoms with Crippen LogP contribution in [0.5, 0.6) is 11.5 Å². The lowest BCUT2D eigenvalue weighted by Crippen LogP contribution is -2.35. The first-order chi connectivity index (χ1) is 15.2. The molecule has 7 heteroatoms. The Balaban J connectivity index is 1.40. The van der Waals surface area contributed by atoms with E-state index in [2.05, 4.69) is 22.3 Å². The first kappa shape index (κ1) is 19.9. The first-order valence-corrected chi connectivity index (χ1v) is 11.2. The zero-order chi connectivity index (χ0) is 21.2. The van der Waals surface area contributed by atoms with Crippen LogP contribution in [-0.4, -0.2) is 39.0 Å². The van der Waals surface area contributed by atoms with Gasteiger partial charge in [-0.15, -0.1) is 11.3 Å². The summed E-state index contributed by atoms with van der Waals surface area (Å²) in [5, 5.41) is 4.25. The summed E-state index contributed by atoms with van der Waals surface area (Å²) in [5.41, 5.74) is 3.18. The molecule has 0 spiro atoms. The van der Waals surface area contributed by atoms with Gasteiger partial charge in [0.25, 0.3) is 5.91 Å². The van der Waals surface area contributed by atoms with Crippen molar-refractivity contribution in [1.29, 1.82) is 0 Å². The number of hydrogen-bond acceptors (Lipinski definition) is 6. The number of morpholine rings is 1. The number of carbonyl (C=O) groups excluding carboxylic acids is 1. The maximum absolute atomic E-state index is 13.1. The van der Waals surface area contributed by atoms with Gasteiger partial charge in [0.2, 0.25) is 6.79 Å². The minimum atomic E-state index is -0.156. The third kappa shape index (κ3) is 4.11. The molecule has 6 nitrogen and oxygen atoms in total. The second-order valence-electron chi connectivity index (χ2n) is 7.60. The Bertz CT molecular complexity index is 1080. The second kappa shape index (κ2) is 8.61. The second-order valence-corrected chi connectivity index (χ2v) is 8.63. The summed E-state index contributed by atoms with van der Waals surface area (Å²) in [6.45, 7) is 5.28. The van der Waals surface area contributed by atoms with Crippen LogP contribution in [0.4, 0.5) is 5.00 Å². The summed E-state index contributed by atoms with van der Waals surface area (Å²) >= 11 is 1.54. The number of rotatable bonds is 5.